The van der Waals surface area contributed by atoms with Crippen molar-refractivity contribution < 1.29 is 18.3 Å². The Kier molecular flexibility index (Phi) is 5.20. The minimum absolute atomic E-state index is 0.139. The molecule has 1 heterocycles. The first kappa shape index (κ1) is 16.6. The summed E-state index contributed by atoms with van der Waals surface area (Å²) >= 11 is 0. The smallest absolute Gasteiger partial charge is 0.323 e. The second-order valence-electron chi connectivity index (χ2n) is 5.99. The number of likely N-dealkylation sites (tertiary alicyclic amines) is 1. The number of carbonyl (C=O) groups is 1. The molecule has 0 N–H and O–H groups in total. The fourth-order valence-electron chi connectivity index (χ4n) is 2.94. The Morgan fingerprint density at radius 3 is 2.21 bits per heavy atom. The Labute approximate surface area is 139 Å². The lowest BCUT2D eigenvalue weighted by molar-refractivity contribution is -0.150. The highest BCUT2D eigenvalue weighted by atomic mass is 19.1. The van der Waals surface area contributed by atoms with Crippen molar-refractivity contribution >= 4 is 5.97 Å². The summed E-state index contributed by atoms with van der Waals surface area (Å²) in [5, 5.41) is 0. The van der Waals surface area contributed by atoms with Gasteiger partial charge < -0.3 is 4.74 Å². The largest absolute Gasteiger partial charge is 0.460 e. The van der Waals surface area contributed by atoms with Crippen molar-refractivity contribution in [2.24, 2.45) is 0 Å². The predicted molar refractivity (Wildman–Crippen MR) is 86.0 cm³/mol. The Balaban J connectivity index is 1.56. The van der Waals surface area contributed by atoms with Gasteiger partial charge in [0, 0.05) is 6.54 Å². The van der Waals surface area contributed by atoms with Crippen LogP contribution in [-0.4, -0.2) is 23.5 Å². The molecule has 0 saturated carbocycles. The molecule has 2 aromatic carbocycles. The van der Waals surface area contributed by atoms with Crippen molar-refractivity contribution in [2.75, 3.05) is 6.54 Å². The van der Waals surface area contributed by atoms with Gasteiger partial charge >= 0.3 is 5.97 Å². The van der Waals surface area contributed by atoms with E-state index in [4.69, 9.17) is 4.74 Å². The number of halogens is 2. The summed E-state index contributed by atoms with van der Waals surface area (Å²) in [7, 11) is 0. The lowest BCUT2D eigenvalue weighted by Gasteiger charge is -2.23. The summed E-state index contributed by atoms with van der Waals surface area (Å²) in [6, 6.07) is 11.9. The molecule has 1 aliphatic rings. The molecular formula is C19H19F2NO2. The molecule has 0 aromatic heterocycles. The van der Waals surface area contributed by atoms with Crippen LogP contribution in [0.4, 0.5) is 8.78 Å². The molecule has 0 radical (unpaired) electrons. The first-order valence-corrected chi connectivity index (χ1v) is 8.01. The van der Waals surface area contributed by atoms with Gasteiger partial charge in [0.2, 0.25) is 0 Å². The molecule has 1 fully saturated rings. The van der Waals surface area contributed by atoms with Gasteiger partial charge in [0.15, 0.2) is 0 Å². The maximum atomic E-state index is 13.0. The van der Waals surface area contributed by atoms with E-state index in [1.807, 2.05) is 0 Å². The van der Waals surface area contributed by atoms with Crippen LogP contribution < -0.4 is 0 Å². The van der Waals surface area contributed by atoms with Gasteiger partial charge in [0.25, 0.3) is 0 Å². The van der Waals surface area contributed by atoms with Crippen molar-refractivity contribution in [3.05, 3.63) is 71.3 Å². The molecule has 1 saturated heterocycles. The quantitative estimate of drug-likeness (QED) is 0.783. The summed E-state index contributed by atoms with van der Waals surface area (Å²) in [5.41, 5.74) is 1.72. The third-order valence-corrected chi connectivity index (χ3v) is 4.23. The monoisotopic (exact) mass is 331 g/mol. The normalized spacial score (nSPS) is 17.8. The van der Waals surface area contributed by atoms with Gasteiger partial charge in [-0.3, -0.25) is 9.69 Å². The zero-order chi connectivity index (χ0) is 16.9. The van der Waals surface area contributed by atoms with Crippen LogP contribution in [0.2, 0.25) is 0 Å². The SMILES string of the molecule is O=C(OCc1ccc(F)cc1)[C@H]1CCCN1Cc1ccc(F)cc1. The summed E-state index contributed by atoms with van der Waals surface area (Å²) in [4.78, 5) is 14.4. The molecule has 24 heavy (non-hydrogen) atoms. The second-order valence-corrected chi connectivity index (χ2v) is 5.99. The van der Waals surface area contributed by atoms with Gasteiger partial charge in [-0.25, -0.2) is 8.78 Å². The van der Waals surface area contributed by atoms with Crippen molar-refractivity contribution in [3.8, 4) is 0 Å². The number of carbonyl (C=O) groups excluding carboxylic acids is 1. The molecule has 0 unspecified atom stereocenters. The summed E-state index contributed by atoms with van der Waals surface area (Å²) in [5.74, 6) is -0.847. The van der Waals surface area contributed by atoms with E-state index in [1.54, 1.807) is 24.3 Å². The molecule has 2 aromatic rings. The summed E-state index contributed by atoms with van der Waals surface area (Å²) < 4.78 is 31.2. The van der Waals surface area contributed by atoms with E-state index >= 15 is 0 Å². The maximum absolute atomic E-state index is 13.0. The molecule has 3 nitrogen and oxygen atoms in total. The van der Waals surface area contributed by atoms with Crippen molar-refractivity contribution in [1.29, 1.82) is 0 Å². The first-order chi connectivity index (χ1) is 11.6. The van der Waals surface area contributed by atoms with E-state index < -0.39 is 0 Å². The van der Waals surface area contributed by atoms with Gasteiger partial charge in [-0.1, -0.05) is 24.3 Å². The Bertz CT molecular complexity index is 686. The zero-order valence-electron chi connectivity index (χ0n) is 13.3. The number of benzene rings is 2. The van der Waals surface area contributed by atoms with E-state index in [-0.39, 0.29) is 30.3 Å². The Hall–Kier alpha value is -2.27. The van der Waals surface area contributed by atoms with Crippen LogP contribution >= 0.6 is 0 Å². The van der Waals surface area contributed by atoms with E-state index in [0.29, 0.717) is 6.54 Å². The predicted octanol–water partition coefficient (Wildman–Crippen LogP) is 3.67. The number of hydrogen-bond donors (Lipinski definition) is 0. The lowest BCUT2D eigenvalue weighted by atomic mass is 10.2. The highest BCUT2D eigenvalue weighted by molar-refractivity contribution is 5.76. The topological polar surface area (TPSA) is 29.5 Å². The van der Waals surface area contributed by atoms with Crippen molar-refractivity contribution in [2.45, 2.75) is 32.0 Å². The van der Waals surface area contributed by atoms with E-state index in [0.717, 1.165) is 30.5 Å². The molecule has 0 amide bonds. The minimum Gasteiger partial charge on any atom is -0.460 e. The van der Waals surface area contributed by atoms with Gasteiger partial charge in [-0.15, -0.1) is 0 Å². The minimum atomic E-state index is -0.314. The highest BCUT2D eigenvalue weighted by Gasteiger charge is 2.31. The van der Waals surface area contributed by atoms with Gasteiger partial charge in [-0.2, -0.15) is 0 Å². The molecule has 5 heteroatoms. The molecule has 0 bridgehead atoms. The zero-order valence-corrected chi connectivity index (χ0v) is 13.3. The molecular weight excluding hydrogens is 312 g/mol. The number of esters is 1. The molecule has 126 valence electrons. The van der Waals surface area contributed by atoms with E-state index in [9.17, 15) is 13.6 Å². The third kappa shape index (κ3) is 4.17. The third-order valence-electron chi connectivity index (χ3n) is 4.23. The fraction of sp³-hybridized carbons (Fsp3) is 0.316. The molecule has 1 aliphatic heterocycles. The van der Waals surface area contributed by atoms with E-state index in [1.165, 1.54) is 24.3 Å². The first-order valence-electron chi connectivity index (χ1n) is 8.01. The van der Waals surface area contributed by atoms with Gasteiger partial charge in [0.05, 0.1) is 0 Å². The Morgan fingerprint density at radius 1 is 1.00 bits per heavy atom. The standard InChI is InChI=1S/C19H19F2NO2/c20-16-7-3-14(4-8-16)12-22-11-1-2-18(22)19(23)24-13-15-5-9-17(21)10-6-15/h3-10,18H,1-2,11-13H2/t18-/m1/s1. The van der Waals surface area contributed by atoms with Gasteiger partial charge in [0.1, 0.15) is 24.3 Å². The summed E-state index contributed by atoms with van der Waals surface area (Å²) in [6.07, 6.45) is 1.68. The second kappa shape index (κ2) is 7.53. The average molecular weight is 331 g/mol. The van der Waals surface area contributed by atoms with Crippen molar-refractivity contribution in [1.82, 2.24) is 4.90 Å². The molecule has 1 atom stereocenters. The molecule has 3 rings (SSSR count). The van der Waals surface area contributed by atoms with Crippen LogP contribution in [0.3, 0.4) is 0 Å². The molecule has 0 spiro atoms. The highest BCUT2D eigenvalue weighted by Crippen LogP contribution is 2.22. The summed E-state index contributed by atoms with van der Waals surface area (Å²) in [6.45, 7) is 1.55. The number of ether oxygens (including phenoxy) is 1. The number of hydrogen-bond acceptors (Lipinski definition) is 3. The van der Waals surface area contributed by atoms with Crippen molar-refractivity contribution in [3.63, 3.8) is 0 Å². The number of rotatable bonds is 5. The van der Waals surface area contributed by atoms with Crippen LogP contribution in [0.25, 0.3) is 0 Å². The average Bonchev–Trinajstić information content (AvgIpc) is 3.04. The number of nitrogens with zero attached hydrogens (tertiary/aromatic N) is 1. The van der Waals surface area contributed by atoms with Crippen LogP contribution in [0, 0.1) is 11.6 Å². The maximum Gasteiger partial charge on any atom is 0.323 e. The van der Waals surface area contributed by atoms with E-state index in [2.05, 4.69) is 4.90 Å². The van der Waals surface area contributed by atoms with Crippen LogP contribution in [-0.2, 0) is 22.7 Å². The van der Waals surface area contributed by atoms with Crippen LogP contribution in [0.5, 0.6) is 0 Å². The lowest BCUT2D eigenvalue weighted by Crippen LogP contribution is -2.36. The van der Waals surface area contributed by atoms with Crippen LogP contribution in [0.1, 0.15) is 24.0 Å². The van der Waals surface area contributed by atoms with Gasteiger partial charge in [-0.05, 0) is 54.8 Å². The molecule has 0 aliphatic carbocycles. The fourth-order valence-corrected chi connectivity index (χ4v) is 2.94. The Morgan fingerprint density at radius 2 is 1.58 bits per heavy atom. The van der Waals surface area contributed by atoms with Crippen LogP contribution in [0.15, 0.2) is 48.5 Å².